The molecule has 96 valence electrons. The number of hydrogen-bond donors (Lipinski definition) is 0. The number of hydrogen-bond acceptors (Lipinski definition) is 2. The Morgan fingerprint density at radius 2 is 1.56 bits per heavy atom. The second-order valence-corrected chi connectivity index (χ2v) is 5.89. The minimum Gasteiger partial charge on any atom is -0.301 e. The molecular formula is C13H29N2P. The topological polar surface area (TPSA) is 6.48 Å². The molecule has 2 saturated heterocycles. The van der Waals surface area contributed by atoms with E-state index in [4.69, 9.17) is 0 Å². The van der Waals surface area contributed by atoms with Gasteiger partial charge in [-0.25, -0.2) is 0 Å². The van der Waals surface area contributed by atoms with Gasteiger partial charge in [0.05, 0.1) is 0 Å². The van der Waals surface area contributed by atoms with Crippen LogP contribution in [0.4, 0.5) is 0 Å². The zero-order valence-electron chi connectivity index (χ0n) is 11.6. The van der Waals surface area contributed by atoms with E-state index in [-0.39, 0.29) is 0 Å². The van der Waals surface area contributed by atoms with Crippen LogP contribution in [0.25, 0.3) is 0 Å². The fourth-order valence-electron chi connectivity index (χ4n) is 3.01. The van der Waals surface area contributed by atoms with Gasteiger partial charge in [-0.05, 0) is 45.9 Å². The van der Waals surface area contributed by atoms with Crippen molar-refractivity contribution >= 4 is 8.73 Å². The Morgan fingerprint density at radius 1 is 0.938 bits per heavy atom. The summed E-state index contributed by atoms with van der Waals surface area (Å²) in [6.45, 7) is 10.3. The fraction of sp³-hybridized carbons (Fsp3) is 1.00. The van der Waals surface area contributed by atoms with Crippen LogP contribution in [0.15, 0.2) is 0 Å². The van der Waals surface area contributed by atoms with Crippen LogP contribution in [0, 0.1) is 0 Å². The molecule has 2 nitrogen and oxygen atoms in total. The number of nitrogens with zero attached hydrogens (tertiary/aromatic N) is 2. The lowest BCUT2D eigenvalue weighted by atomic mass is 9.79. The van der Waals surface area contributed by atoms with E-state index in [2.05, 4.69) is 23.3 Å². The average Bonchev–Trinajstić information content (AvgIpc) is 2.37. The first-order valence-corrected chi connectivity index (χ1v) is 8.35. The van der Waals surface area contributed by atoms with Crippen molar-refractivity contribution < 1.29 is 0 Å². The zero-order chi connectivity index (χ0) is 12.0. The Hall–Kier alpha value is 0.350. The van der Waals surface area contributed by atoms with Crippen LogP contribution in [0.3, 0.4) is 0 Å². The normalized spacial score (nSPS) is 27.0. The van der Waals surface area contributed by atoms with Gasteiger partial charge in [-0.1, -0.05) is 29.0 Å². The van der Waals surface area contributed by atoms with Crippen molar-refractivity contribution in [1.29, 1.82) is 0 Å². The van der Waals surface area contributed by atoms with E-state index in [0.29, 0.717) is 5.54 Å². The Labute approximate surface area is 104 Å². The summed E-state index contributed by atoms with van der Waals surface area (Å²) in [5, 5.41) is 0. The van der Waals surface area contributed by atoms with Crippen molar-refractivity contribution in [3.63, 3.8) is 0 Å². The highest BCUT2D eigenvalue weighted by atomic mass is 31.1. The van der Waals surface area contributed by atoms with Crippen LogP contribution in [-0.4, -0.2) is 48.5 Å². The van der Waals surface area contributed by atoms with E-state index in [1.165, 1.54) is 51.7 Å². The van der Waals surface area contributed by atoms with Gasteiger partial charge in [0.1, 0.15) is 0 Å². The van der Waals surface area contributed by atoms with Crippen molar-refractivity contribution in [3.8, 4) is 0 Å². The van der Waals surface area contributed by atoms with Gasteiger partial charge in [-0.15, -0.1) is 0 Å². The number of rotatable bonds is 1. The Balaban J connectivity index is 0.000000606. The van der Waals surface area contributed by atoms with Crippen LogP contribution in [-0.2, 0) is 0 Å². The van der Waals surface area contributed by atoms with Crippen molar-refractivity contribution in [2.45, 2.75) is 51.5 Å². The van der Waals surface area contributed by atoms with Crippen LogP contribution in [0.2, 0.25) is 0 Å². The molecule has 1 atom stereocenters. The Kier molecular flexibility index (Phi) is 6.25. The molecule has 0 aromatic rings. The Bertz CT molecular complexity index is 188. The van der Waals surface area contributed by atoms with Gasteiger partial charge in [0.15, 0.2) is 0 Å². The van der Waals surface area contributed by atoms with E-state index in [1.54, 1.807) is 0 Å². The molecule has 2 rings (SSSR count). The van der Waals surface area contributed by atoms with Crippen LogP contribution >= 0.6 is 8.73 Å². The van der Waals surface area contributed by atoms with Gasteiger partial charge in [-0.3, -0.25) is 4.67 Å². The summed E-state index contributed by atoms with van der Waals surface area (Å²) in [4.78, 5) is 2.65. The summed E-state index contributed by atoms with van der Waals surface area (Å²) in [6, 6.07) is 0. The molecule has 2 aliphatic rings. The number of likely N-dealkylation sites (tertiary alicyclic amines) is 1. The molecule has 0 aromatic carbocycles. The van der Waals surface area contributed by atoms with E-state index in [9.17, 15) is 0 Å². The molecule has 0 N–H and O–H groups in total. The third-order valence-corrected chi connectivity index (χ3v) is 5.29. The molecule has 2 heterocycles. The van der Waals surface area contributed by atoms with Crippen LogP contribution in [0.1, 0.15) is 46.0 Å². The largest absolute Gasteiger partial charge is 0.301 e. The lowest BCUT2D eigenvalue weighted by Gasteiger charge is -2.50. The maximum Gasteiger partial charge on any atom is 0.0231 e. The van der Waals surface area contributed by atoms with E-state index < -0.39 is 0 Å². The van der Waals surface area contributed by atoms with Crippen LogP contribution < -0.4 is 0 Å². The molecule has 0 saturated carbocycles. The highest BCUT2D eigenvalue weighted by molar-refractivity contribution is 7.34. The van der Waals surface area contributed by atoms with Crippen molar-refractivity contribution in [3.05, 3.63) is 0 Å². The lowest BCUT2D eigenvalue weighted by molar-refractivity contribution is 0.0292. The first-order chi connectivity index (χ1) is 7.77. The molecule has 2 fully saturated rings. The summed E-state index contributed by atoms with van der Waals surface area (Å²) in [5.41, 5.74) is 0.592. The second-order valence-electron chi connectivity index (χ2n) is 4.81. The molecule has 1 spiro atoms. The summed E-state index contributed by atoms with van der Waals surface area (Å²) in [5.74, 6) is 0. The van der Waals surface area contributed by atoms with Crippen molar-refractivity contribution in [2.24, 2.45) is 0 Å². The molecule has 2 aliphatic heterocycles. The predicted octanol–water partition coefficient (Wildman–Crippen LogP) is 3.19. The molecule has 1 unspecified atom stereocenters. The Morgan fingerprint density at radius 3 is 2.06 bits per heavy atom. The maximum absolute atomic E-state index is 2.65. The summed E-state index contributed by atoms with van der Waals surface area (Å²) in [6.07, 6.45) is 7.13. The second kappa shape index (κ2) is 6.93. The van der Waals surface area contributed by atoms with Gasteiger partial charge in [0.2, 0.25) is 0 Å². The third-order valence-electron chi connectivity index (χ3n) is 4.21. The minimum atomic E-state index is 0.592. The molecule has 0 bridgehead atoms. The summed E-state index contributed by atoms with van der Waals surface area (Å²) >= 11 is 0. The third kappa shape index (κ3) is 3.18. The molecular weight excluding hydrogens is 215 g/mol. The molecule has 0 radical (unpaired) electrons. The minimum absolute atomic E-state index is 0.592. The monoisotopic (exact) mass is 244 g/mol. The van der Waals surface area contributed by atoms with E-state index in [0.717, 1.165) is 8.73 Å². The van der Waals surface area contributed by atoms with Gasteiger partial charge in [-0.2, -0.15) is 0 Å². The average molecular weight is 244 g/mol. The summed E-state index contributed by atoms with van der Waals surface area (Å²) < 4.78 is 2.62. The fourth-order valence-corrected chi connectivity index (χ4v) is 3.68. The highest BCUT2D eigenvalue weighted by Gasteiger charge is 2.38. The quantitative estimate of drug-likeness (QED) is 0.654. The first kappa shape index (κ1) is 14.4. The van der Waals surface area contributed by atoms with Gasteiger partial charge < -0.3 is 4.90 Å². The van der Waals surface area contributed by atoms with Crippen molar-refractivity contribution in [2.75, 3.05) is 33.3 Å². The first-order valence-electron chi connectivity index (χ1n) is 6.90. The van der Waals surface area contributed by atoms with Gasteiger partial charge in [0, 0.05) is 18.6 Å². The standard InChI is InChI=1S/C11H23N2P.C2H6/c1-12-8-4-3-5-11(12)6-9-13(14-2)10-7-11;1-2/h14H,3-10H2,1-2H3;1-2H3. The molecule has 16 heavy (non-hydrogen) atoms. The molecule has 3 heteroatoms. The van der Waals surface area contributed by atoms with E-state index in [1.807, 2.05) is 13.8 Å². The smallest absolute Gasteiger partial charge is 0.0231 e. The summed E-state index contributed by atoms with van der Waals surface area (Å²) in [7, 11) is 3.35. The highest BCUT2D eigenvalue weighted by Crippen LogP contribution is 2.37. The molecule has 0 aliphatic carbocycles. The predicted molar refractivity (Wildman–Crippen MR) is 75.6 cm³/mol. The van der Waals surface area contributed by atoms with Gasteiger partial charge >= 0.3 is 0 Å². The maximum atomic E-state index is 2.65. The molecule has 0 aromatic heterocycles. The van der Waals surface area contributed by atoms with E-state index >= 15 is 0 Å². The van der Waals surface area contributed by atoms with Crippen molar-refractivity contribution in [1.82, 2.24) is 9.57 Å². The SMILES string of the molecule is CC.CPN1CCC2(CCCCN2C)CC1. The number of piperidine rings is 2. The van der Waals surface area contributed by atoms with Gasteiger partial charge in [0.25, 0.3) is 0 Å². The molecule has 0 amide bonds. The zero-order valence-corrected chi connectivity index (χ0v) is 12.6. The lowest BCUT2D eigenvalue weighted by Crippen LogP contribution is -2.54. The van der Waals surface area contributed by atoms with Crippen LogP contribution in [0.5, 0.6) is 0 Å².